The summed E-state index contributed by atoms with van der Waals surface area (Å²) in [5.41, 5.74) is 1.64. The molecule has 1 aliphatic heterocycles. The van der Waals surface area contributed by atoms with E-state index in [9.17, 15) is 9.59 Å². The Bertz CT molecular complexity index is 428. The van der Waals surface area contributed by atoms with Crippen LogP contribution in [-0.4, -0.2) is 29.9 Å². The summed E-state index contributed by atoms with van der Waals surface area (Å²) in [5, 5.41) is 8.80. The third-order valence-corrected chi connectivity index (χ3v) is 2.70. The lowest BCUT2D eigenvalue weighted by Gasteiger charge is -2.19. The molecule has 4 nitrogen and oxygen atoms in total. The molecule has 16 heavy (non-hydrogen) atoms. The number of Topliss-reactive ketones (excluding diaryl/α,β-unsaturated/α-hetero) is 1. The summed E-state index contributed by atoms with van der Waals surface area (Å²) in [5.74, 6) is -0.636. The number of para-hydroxylation sites is 1. The van der Waals surface area contributed by atoms with Gasteiger partial charge < -0.3 is 10.0 Å². The minimum Gasteiger partial charge on any atom is -0.481 e. The van der Waals surface area contributed by atoms with Gasteiger partial charge in [0.25, 0.3) is 0 Å². The Hall–Kier alpha value is -1.84. The van der Waals surface area contributed by atoms with Crippen LogP contribution in [0.1, 0.15) is 12.0 Å². The van der Waals surface area contributed by atoms with Gasteiger partial charge in [-0.2, -0.15) is 0 Å². The number of carboxylic acids is 1. The van der Waals surface area contributed by atoms with Gasteiger partial charge in [0.15, 0.2) is 5.78 Å². The molecule has 0 saturated carbocycles. The first-order chi connectivity index (χ1) is 7.66. The third kappa shape index (κ3) is 2.21. The van der Waals surface area contributed by atoms with E-state index in [1.807, 2.05) is 23.1 Å². The van der Waals surface area contributed by atoms with Crippen LogP contribution < -0.4 is 4.90 Å². The highest BCUT2D eigenvalue weighted by atomic mass is 16.4. The maximum absolute atomic E-state index is 11.2. The van der Waals surface area contributed by atoms with E-state index in [4.69, 9.17) is 5.11 Å². The summed E-state index contributed by atoms with van der Waals surface area (Å²) in [6, 6.07) is 7.35. The highest BCUT2D eigenvalue weighted by molar-refractivity contribution is 5.88. The predicted octanol–water partition coefficient (Wildman–Crippen LogP) is 1.09. The number of ketones is 1. The third-order valence-electron chi connectivity index (χ3n) is 2.70. The predicted molar refractivity (Wildman–Crippen MR) is 59.6 cm³/mol. The Morgan fingerprint density at radius 3 is 2.75 bits per heavy atom. The molecule has 84 valence electrons. The van der Waals surface area contributed by atoms with E-state index in [0.29, 0.717) is 19.5 Å². The van der Waals surface area contributed by atoms with Crippen LogP contribution in [0.3, 0.4) is 0 Å². The number of carbonyl (C=O) groups is 2. The molecule has 1 N–H and O–H groups in total. The summed E-state index contributed by atoms with van der Waals surface area (Å²) >= 11 is 0. The standard InChI is InChI=1S/C12H13NO3/c14-10-5-6-13(8-10)11-4-2-1-3-9(11)7-12(15)16/h1-4H,5-8H2,(H,15,16). The van der Waals surface area contributed by atoms with E-state index in [-0.39, 0.29) is 12.2 Å². The lowest BCUT2D eigenvalue weighted by molar-refractivity contribution is -0.136. The largest absolute Gasteiger partial charge is 0.481 e. The lowest BCUT2D eigenvalue weighted by Crippen LogP contribution is -2.21. The molecule has 0 aliphatic carbocycles. The lowest BCUT2D eigenvalue weighted by atomic mass is 10.1. The van der Waals surface area contributed by atoms with Gasteiger partial charge in [0.05, 0.1) is 13.0 Å². The van der Waals surface area contributed by atoms with Crippen LogP contribution in [0.2, 0.25) is 0 Å². The number of hydrogen-bond acceptors (Lipinski definition) is 3. The number of aliphatic carboxylic acids is 1. The fourth-order valence-electron chi connectivity index (χ4n) is 1.97. The van der Waals surface area contributed by atoms with Crippen LogP contribution in [0.5, 0.6) is 0 Å². The van der Waals surface area contributed by atoms with Crippen molar-refractivity contribution in [3.63, 3.8) is 0 Å². The molecule has 1 saturated heterocycles. The van der Waals surface area contributed by atoms with E-state index >= 15 is 0 Å². The maximum Gasteiger partial charge on any atom is 0.307 e. The number of nitrogens with zero attached hydrogens (tertiary/aromatic N) is 1. The molecule has 1 aromatic rings. The molecule has 0 amide bonds. The molecule has 1 heterocycles. The van der Waals surface area contributed by atoms with Gasteiger partial charge in [0, 0.05) is 18.7 Å². The second-order valence-corrected chi connectivity index (χ2v) is 3.91. The molecule has 1 aliphatic rings. The molecular weight excluding hydrogens is 206 g/mol. The average Bonchev–Trinajstić information content (AvgIpc) is 2.65. The van der Waals surface area contributed by atoms with Gasteiger partial charge in [-0.3, -0.25) is 9.59 Å². The Morgan fingerprint density at radius 2 is 2.12 bits per heavy atom. The van der Waals surface area contributed by atoms with Crippen molar-refractivity contribution in [2.75, 3.05) is 18.0 Å². The number of anilines is 1. The van der Waals surface area contributed by atoms with Crippen LogP contribution in [0.25, 0.3) is 0 Å². The zero-order valence-corrected chi connectivity index (χ0v) is 8.85. The monoisotopic (exact) mass is 219 g/mol. The fraction of sp³-hybridized carbons (Fsp3) is 0.333. The molecule has 0 radical (unpaired) electrons. The molecule has 0 aromatic heterocycles. The zero-order chi connectivity index (χ0) is 11.5. The van der Waals surface area contributed by atoms with Crippen LogP contribution in [0.15, 0.2) is 24.3 Å². The van der Waals surface area contributed by atoms with Gasteiger partial charge in [0.2, 0.25) is 0 Å². The minimum atomic E-state index is -0.849. The highest BCUT2D eigenvalue weighted by Crippen LogP contribution is 2.23. The number of hydrogen-bond donors (Lipinski definition) is 1. The number of carbonyl (C=O) groups excluding carboxylic acids is 1. The van der Waals surface area contributed by atoms with Crippen molar-refractivity contribution in [2.24, 2.45) is 0 Å². The molecule has 0 atom stereocenters. The zero-order valence-electron chi connectivity index (χ0n) is 8.85. The number of benzene rings is 1. The quantitative estimate of drug-likeness (QED) is 0.826. The van der Waals surface area contributed by atoms with Gasteiger partial charge >= 0.3 is 5.97 Å². The van der Waals surface area contributed by atoms with Crippen LogP contribution in [0.4, 0.5) is 5.69 Å². The smallest absolute Gasteiger partial charge is 0.307 e. The topological polar surface area (TPSA) is 57.6 Å². The molecular formula is C12H13NO3. The Kier molecular flexibility index (Phi) is 2.90. The van der Waals surface area contributed by atoms with E-state index in [1.165, 1.54) is 0 Å². The first-order valence-electron chi connectivity index (χ1n) is 5.23. The summed E-state index contributed by atoms with van der Waals surface area (Å²) < 4.78 is 0. The summed E-state index contributed by atoms with van der Waals surface area (Å²) in [7, 11) is 0. The van der Waals surface area contributed by atoms with Gasteiger partial charge in [-0.05, 0) is 11.6 Å². The Balaban J connectivity index is 2.25. The van der Waals surface area contributed by atoms with Gasteiger partial charge in [-0.15, -0.1) is 0 Å². The van der Waals surface area contributed by atoms with Crippen molar-refractivity contribution in [1.82, 2.24) is 0 Å². The fourth-order valence-corrected chi connectivity index (χ4v) is 1.97. The Morgan fingerprint density at radius 1 is 1.38 bits per heavy atom. The minimum absolute atomic E-state index is 0.000857. The normalized spacial score (nSPS) is 15.5. The van der Waals surface area contributed by atoms with Crippen molar-refractivity contribution in [3.05, 3.63) is 29.8 Å². The van der Waals surface area contributed by atoms with Crippen molar-refractivity contribution in [2.45, 2.75) is 12.8 Å². The summed E-state index contributed by atoms with van der Waals surface area (Å²) in [6.45, 7) is 1.09. The van der Waals surface area contributed by atoms with Gasteiger partial charge in [-0.25, -0.2) is 0 Å². The molecule has 1 aromatic carbocycles. The maximum atomic E-state index is 11.2. The molecule has 4 heteroatoms. The second-order valence-electron chi connectivity index (χ2n) is 3.91. The van der Waals surface area contributed by atoms with E-state index in [1.54, 1.807) is 6.07 Å². The summed E-state index contributed by atoms with van der Waals surface area (Å²) in [4.78, 5) is 23.9. The number of carboxylic acid groups (broad SMARTS) is 1. The average molecular weight is 219 g/mol. The first kappa shape index (κ1) is 10.7. The molecule has 2 rings (SSSR count). The highest BCUT2D eigenvalue weighted by Gasteiger charge is 2.21. The van der Waals surface area contributed by atoms with Gasteiger partial charge in [0.1, 0.15) is 0 Å². The van der Waals surface area contributed by atoms with E-state index < -0.39 is 5.97 Å². The van der Waals surface area contributed by atoms with Crippen LogP contribution >= 0.6 is 0 Å². The van der Waals surface area contributed by atoms with E-state index in [2.05, 4.69) is 0 Å². The number of rotatable bonds is 3. The molecule has 0 spiro atoms. The summed E-state index contributed by atoms with van der Waals surface area (Å²) in [6.07, 6.45) is 0.558. The SMILES string of the molecule is O=C(O)Cc1ccccc1N1CCC(=O)C1. The Labute approximate surface area is 93.5 Å². The van der Waals surface area contributed by atoms with Crippen molar-refractivity contribution >= 4 is 17.4 Å². The molecule has 0 bridgehead atoms. The van der Waals surface area contributed by atoms with E-state index in [0.717, 1.165) is 11.3 Å². The molecule has 0 unspecified atom stereocenters. The van der Waals surface area contributed by atoms with Crippen molar-refractivity contribution in [1.29, 1.82) is 0 Å². The van der Waals surface area contributed by atoms with Crippen molar-refractivity contribution < 1.29 is 14.7 Å². The van der Waals surface area contributed by atoms with Crippen LogP contribution in [0, 0.1) is 0 Å². The van der Waals surface area contributed by atoms with Crippen molar-refractivity contribution in [3.8, 4) is 0 Å². The van der Waals surface area contributed by atoms with Gasteiger partial charge in [-0.1, -0.05) is 18.2 Å². The van der Waals surface area contributed by atoms with Crippen LogP contribution in [-0.2, 0) is 16.0 Å². The second kappa shape index (κ2) is 4.35. The molecule has 1 fully saturated rings. The first-order valence-corrected chi connectivity index (χ1v) is 5.23.